The summed E-state index contributed by atoms with van der Waals surface area (Å²) < 4.78 is 3.21. The number of amides is 2. The van der Waals surface area contributed by atoms with Crippen LogP contribution in [0.25, 0.3) is 5.69 Å². The molecule has 8 heteroatoms. The van der Waals surface area contributed by atoms with Gasteiger partial charge in [-0.2, -0.15) is 0 Å². The number of anilines is 2. The third-order valence-electron chi connectivity index (χ3n) is 5.61. The Morgan fingerprint density at radius 3 is 2.23 bits per heavy atom. The Morgan fingerprint density at radius 2 is 1.54 bits per heavy atom. The van der Waals surface area contributed by atoms with Crippen LogP contribution in [-0.2, 0) is 11.8 Å². The average molecular weight is 487 g/mol. The topological polar surface area (TPSA) is 85.1 Å². The Labute approximate surface area is 207 Å². The molecule has 35 heavy (non-hydrogen) atoms. The number of hydrogen-bond donors (Lipinski definition) is 2. The summed E-state index contributed by atoms with van der Waals surface area (Å²) in [5.74, 6) is -0.597. The van der Waals surface area contributed by atoms with Gasteiger partial charge in [0.25, 0.3) is 11.5 Å². The Hall–Kier alpha value is -4.04. The van der Waals surface area contributed by atoms with Crippen LogP contribution in [-0.4, -0.2) is 26.4 Å². The molecule has 0 saturated heterocycles. The van der Waals surface area contributed by atoms with Crippen molar-refractivity contribution in [2.75, 3.05) is 10.6 Å². The van der Waals surface area contributed by atoms with Gasteiger partial charge in [0.1, 0.15) is 5.69 Å². The predicted molar refractivity (Wildman–Crippen MR) is 141 cm³/mol. The van der Waals surface area contributed by atoms with Gasteiger partial charge in [-0.05, 0) is 56.3 Å². The summed E-state index contributed by atoms with van der Waals surface area (Å²) >= 11 is 1.46. The molecule has 178 valence electrons. The van der Waals surface area contributed by atoms with Gasteiger partial charge in [-0.25, -0.2) is 4.68 Å². The lowest BCUT2D eigenvalue weighted by molar-refractivity contribution is -0.115. The number of aromatic nitrogens is 2. The fourth-order valence-corrected chi connectivity index (χ4v) is 4.53. The van der Waals surface area contributed by atoms with Crippen molar-refractivity contribution in [3.63, 3.8) is 0 Å². The zero-order valence-electron chi connectivity index (χ0n) is 19.7. The summed E-state index contributed by atoms with van der Waals surface area (Å²) in [6.07, 6.45) is 0. The number of benzene rings is 3. The maximum Gasteiger partial charge on any atom is 0.295 e. The van der Waals surface area contributed by atoms with Gasteiger partial charge >= 0.3 is 0 Å². The lowest BCUT2D eigenvalue weighted by Gasteiger charge is -2.13. The molecule has 0 aliphatic carbocycles. The summed E-state index contributed by atoms with van der Waals surface area (Å²) in [5.41, 5.74) is 2.07. The molecule has 0 spiro atoms. The molecule has 1 atom stereocenters. The Bertz CT molecular complexity index is 1410. The van der Waals surface area contributed by atoms with E-state index >= 15 is 0 Å². The Kier molecular flexibility index (Phi) is 7.22. The average Bonchev–Trinajstić information content (AvgIpc) is 3.08. The molecule has 1 unspecified atom stereocenters. The molecule has 0 radical (unpaired) electrons. The van der Waals surface area contributed by atoms with Crippen molar-refractivity contribution in [1.82, 2.24) is 9.36 Å². The first kappa shape index (κ1) is 24.1. The Balaban J connectivity index is 1.49. The lowest BCUT2D eigenvalue weighted by Crippen LogP contribution is -2.23. The molecular formula is C27H26N4O3S. The van der Waals surface area contributed by atoms with E-state index in [2.05, 4.69) is 10.6 Å². The molecule has 4 rings (SSSR count). The minimum atomic E-state index is -0.432. The SMILES string of the molecule is Cc1c(NC(=O)c2cccc(NC(=O)C(C)Sc3ccccc3)c2)c(=O)n(-c2ccccc2)n1C. The van der Waals surface area contributed by atoms with Crippen molar-refractivity contribution in [3.05, 3.63) is 107 Å². The van der Waals surface area contributed by atoms with Crippen LogP contribution in [0, 0.1) is 6.92 Å². The highest BCUT2D eigenvalue weighted by Gasteiger charge is 2.20. The monoisotopic (exact) mass is 486 g/mol. The highest BCUT2D eigenvalue weighted by molar-refractivity contribution is 8.00. The van der Waals surface area contributed by atoms with Gasteiger partial charge in [0.2, 0.25) is 5.91 Å². The summed E-state index contributed by atoms with van der Waals surface area (Å²) in [6, 6.07) is 25.6. The smallest absolute Gasteiger partial charge is 0.295 e. The zero-order valence-corrected chi connectivity index (χ0v) is 20.5. The number of nitrogens with zero attached hydrogens (tertiary/aromatic N) is 2. The van der Waals surface area contributed by atoms with E-state index in [4.69, 9.17) is 0 Å². The van der Waals surface area contributed by atoms with Crippen LogP contribution in [0.2, 0.25) is 0 Å². The van der Waals surface area contributed by atoms with Crippen molar-refractivity contribution >= 4 is 35.0 Å². The molecule has 0 fully saturated rings. The van der Waals surface area contributed by atoms with Gasteiger partial charge in [0.15, 0.2) is 0 Å². The van der Waals surface area contributed by atoms with Gasteiger partial charge in [-0.15, -0.1) is 11.8 Å². The second kappa shape index (κ2) is 10.5. The maximum atomic E-state index is 13.1. The number of carbonyl (C=O) groups is 2. The van der Waals surface area contributed by atoms with Gasteiger partial charge in [0.05, 0.1) is 16.6 Å². The second-order valence-corrected chi connectivity index (χ2v) is 9.45. The van der Waals surface area contributed by atoms with Crippen LogP contribution >= 0.6 is 11.8 Å². The summed E-state index contributed by atoms with van der Waals surface area (Å²) in [5, 5.41) is 5.30. The quantitative estimate of drug-likeness (QED) is 0.366. The first-order chi connectivity index (χ1) is 16.8. The fraction of sp³-hybridized carbons (Fsp3) is 0.148. The van der Waals surface area contributed by atoms with Crippen molar-refractivity contribution in [2.45, 2.75) is 24.0 Å². The van der Waals surface area contributed by atoms with E-state index in [1.165, 1.54) is 16.4 Å². The molecule has 4 aromatic rings. The minimum absolute atomic E-state index is 0.166. The third kappa shape index (κ3) is 5.38. The van der Waals surface area contributed by atoms with E-state index < -0.39 is 5.91 Å². The van der Waals surface area contributed by atoms with Crippen LogP contribution in [0.15, 0.2) is 94.6 Å². The number of para-hydroxylation sites is 1. The van der Waals surface area contributed by atoms with E-state index in [0.29, 0.717) is 22.6 Å². The van der Waals surface area contributed by atoms with Gasteiger partial charge in [-0.3, -0.25) is 19.1 Å². The molecule has 0 bridgehead atoms. The van der Waals surface area contributed by atoms with Crippen molar-refractivity contribution in [2.24, 2.45) is 7.05 Å². The summed E-state index contributed by atoms with van der Waals surface area (Å²) in [4.78, 5) is 39.8. The number of rotatable bonds is 7. The van der Waals surface area contributed by atoms with E-state index in [1.807, 2.05) is 67.6 Å². The molecule has 0 aliphatic heterocycles. The first-order valence-corrected chi connectivity index (χ1v) is 12.0. The molecule has 2 N–H and O–H groups in total. The van der Waals surface area contributed by atoms with Crippen LogP contribution < -0.4 is 16.2 Å². The van der Waals surface area contributed by atoms with Crippen LogP contribution in [0.4, 0.5) is 11.4 Å². The number of hydrogen-bond acceptors (Lipinski definition) is 4. The van der Waals surface area contributed by atoms with Gasteiger partial charge < -0.3 is 10.6 Å². The molecule has 0 saturated carbocycles. The van der Waals surface area contributed by atoms with Gasteiger partial charge in [-0.1, -0.05) is 42.5 Å². The summed E-state index contributed by atoms with van der Waals surface area (Å²) in [7, 11) is 1.77. The van der Waals surface area contributed by atoms with E-state index in [1.54, 1.807) is 42.9 Å². The normalized spacial score (nSPS) is 11.6. The van der Waals surface area contributed by atoms with E-state index in [0.717, 1.165) is 4.90 Å². The van der Waals surface area contributed by atoms with Crippen molar-refractivity contribution < 1.29 is 9.59 Å². The predicted octanol–water partition coefficient (Wildman–Crippen LogP) is 4.86. The third-order valence-corrected chi connectivity index (χ3v) is 6.72. The van der Waals surface area contributed by atoms with Crippen LogP contribution in [0.1, 0.15) is 23.0 Å². The van der Waals surface area contributed by atoms with Crippen molar-refractivity contribution in [3.8, 4) is 5.69 Å². The van der Waals surface area contributed by atoms with E-state index in [9.17, 15) is 14.4 Å². The molecule has 2 amide bonds. The molecular weight excluding hydrogens is 460 g/mol. The zero-order chi connectivity index (χ0) is 24.9. The van der Waals surface area contributed by atoms with Gasteiger partial charge in [0, 0.05) is 23.2 Å². The molecule has 3 aromatic carbocycles. The first-order valence-electron chi connectivity index (χ1n) is 11.1. The standard InChI is InChI=1S/C27H26N4O3S/c1-18-24(27(34)31(30(18)3)22-13-6-4-7-14-22)29-26(33)20-11-10-12-21(17-20)28-25(32)19(2)35-23-15-8-5-9-16-23/h4-17,19H,1-3H3,(H,28,32)(H,29,33). The van der Waals surface area contributed by atoms with E-state index in [-0.39, 0.29) is 22.4 Å². The highest BCUT2D eigenvalue weighted by atomic mass is 32.2. The Morgan fingerprint density at radius 1 is 0.886 bits per heavy atom. The second-order valence-electron chi connectivity index (χ2n) is 8.03. The fourth-order valence-electron chi connectivity index (χ4n) is 3.64. The molecule has 7 nitrogen and oxygen atoms in total. The highest BCUT2D eigenvalue weighted by Crippen LogP contribution is 2.24. The molecule has 1 heterocycles. The van der Waals surface area contributed by atoms with Crippen LogP contribution in [0.5, 0.6) is 0 Å². The minimum Gasteiger partial charge on any atom is -0.325 e. The lowest BCUT2D eigenvalue weighted by atomic mass is 10.2. The molecule has 0 aliphatic rings. The maximum absolute atomic E-state index is 13.1. The number of carbonyl (C=O) groups excluding carboxylic acids is 2. The molecule has 1 aromatic heterocycles. The van der Waals surface area contributed by atoms with Crippen LogP contribution in [0.3, 0.4) is 0 Å². The van der Waals surface area contributed by atoms with Crippen molar-refractivity contribution in [1.29, 1.82) is 0 Å². The summed E-state index contributed by atoms with van der Waals surface area (Å²) in [6.45, 7) is 3.61. The number of nitrogens with one attached hydrogen (secondary N) is 2. The largest absolute Gasteiger partial charge is 0.325 e. The number of thioether (sulfide) groups is 1.